The molecule has 0 radical (unpaired) electrons. The maximum atomic E-state index is 11.8. The van der Waals surface area contributed by atoms with Crippen LogP contribution in [0.4, 0.5) is 4.79 Å². The van der Waals surface area contributed by atoms with Crippen molar-refractivity contribution in [3.63, 3.8) is 0 Å². The Balaban J connectivity index is 1.34. The van der Waals surface area contributed by atoms with Crippen LogP contribution in [0.1, 0.15) is 75.3 Å². The van der Waals surface area contributed by atoms with Gasteiger partial charge in [-0.1, -0.05) is 56.1 Å². The van der Waals surface area contributed by atoms with Gasteiger partial charge in [-0.2, -0.15) is 0 Å². The number of oxazole rings is 1. The van der Waals surface area contributed by atoms with Gasteiger partial charge in [0.2, 0.25) is 11.8 Å². The van der Waals surface area contributed by atoms with E-state index >= 15 is 0 Å². The van der Waals surface area contributed by atoms with Crippen molar-refractivity contribution in [2.24, 2.45) is 5.92 Å². The number of aryl methyl sites for hydroxylation is 1. The lowest BCUT2D eigenvalue weighted by atomic mass is 9.84. The van der Waals surface area contributed by atoms with Crippen LogP contribution in [0.2, 0.25) is 0 Å². The number of benzene rings is 1. The molecule has 2 aliphatic rings. The van der Waals surface area contributed by atoms with Crippen LogP contribution in [0.25, 0.3) is 11.5 Å². The van der Waals surface area contributed by atoms with E-state index in [0.717, 1.165) is 67.3 Å². The monoisotopic (exact) mass is 456 g/mol. The lowest BCUT2D eigenvalue weighted by Crippen LogP contribution is -2.26. The molecule has 4 rings (SSSR count). The van der Waals surface area contributed by atoms with Crippen molar-refractivity contribution in [3.05, 3.63) is 41.3 Å². The van der Waals surface area contributed by atoms with Gasteiger partial charge in [0.25, 0.3) is 5.24 Å². The summed E-state index contributed by atoms with van der Waals surface area (Å²) >= 11 is 1.13. The zero-order valence-corrected chi connectivity index (χ0v) is 19.9. The fraction of sp³-hybridized carbons (Fsp3) is 0.560. The summed E-state index contributed by atoms with van der Waals surface area (Å²) in [6, 6.07) is 8.21. The van der Waals surface area contributed by atoms with E-state index < -0.39 is 0 Å². The second-order valence-corrected chi connectivity index (χ2v) is 10.5. The van der Waals surface area contributed by atoms with Crippen molar-refractivity contribution in [1.29, 1.82) is 0 Å². The van der Waals surface area contributed by atoms with Gasteiger partial charge < -0.3 is 9.15 Å². The molecule has 1 aliphatic heterocycles. The predicted molar refractivity (Wildman–Crippen MR) is 125 cm³/mol. The van der Waals surface area contributed by atoms with Gasteiger partial charge in [-0.3, -0.25) is 14.9 Å². The van der Waals surface area contributed by atoms with Crippen LogP contribution in [0.5, 0.6) is 0 Å². The molecule has 1 saturated carbocycles. The average molecular weight is 457 g/mol. The van der Waals surface area contributed by atoms with Gasteiger partial charge >= 0.3 is 0 Å². The molecule has 2 fully saturated rings. The molecule has 7 heteroatoms. The minimum atomic E-state index is -0.229. The van der Waals surface area contributed by atoms with Crippen molar-refractivity contribution in [2.45, 2.75) is 83.2 Å². The van der Waals surface area contributed by atoms with Gasteiger partial charge in [-0.25, -0.2) is 4.98 Å². The van der Waals surface area contributed by atoms with E-state index in [1.165, 1.54) is 5.56 Å². The summed E-state index contributed by atoms with van der Waals surface area (Å²) in [6.07, 6.45) is 6.23. The standard InChI is InChI=1S/C25H32N2O4S/c1-15(2)22-20(26-24(31-22)18-10-7-16(3)8-11-18)14-30-19-6-4-5-17(13-19)9-12-21-23(28)27-25(29)32-21/h7-8,10-11,15,17,19,21H,4-6,9,12-14H2,1-3H3,(H,27,28,29)/t17-,19-,21?/m0/s1. The third kappa shape index (κ3) is 5.62. The second kappa shape index (κ2) is 10.2. The summed E-state index contributed by atoms with van der Waals surface area (Å²) in [4.78, 5) is 27.9. The molecule has 1 N–H and O–H groups in total. The number of aromatic nitrogens is 1. The van der Waals surface area contributed by atoms with E-state index in [1.54, 1.807) is 0 Å². The fourth-order valence-corrected chi connectivity index (χ4v) is 5.40. The Kier molecular flexibility index (Phi) is 7.36. The van der Waals surface area contributed by atoms with E-state index in [1.807, 2.05) is 12.1 Å². The number of thioether (sulfide) groups is 1. The van der Waals surface area contributed by atoms with Gasteiger partial charge in [0.15, 0.2) is 0 Å². The van der Waals surface area contributed by atoms with Crippen LogP contribution >= 0.6 is 11.8 Å². The predicted octanol–water partition coefficient (Wildman–Crippen LogP) is 5.98. The van der Waals surface area contributed by atoms with Crippen LogP contribution in [-0.2, 0) is 16.1 Å². The number of ether oxygens (including phenoxy) is 1. The normalized spacial score (nSPS) is 23.7. The first-order valence-corrected chi connectivity index (χ1v) is 12.5. The van der Waals surface area contributed by atoms with Gasteiger partial charge in [0, 0.05) is 11.5 Å². The first-order valence-electron chi connectivity index (χ1n) is 11.6. The molecule has 0 bridgehead atoms. The van der Waals surface area contributed by atoms with E-state index in [4.69, 9.17) is 14.1 Å². The zero-order chi connectivity index (χ0) is 22.7. The summed E-state index contributed by atoms with van der Waals surface area (Å²) in [5, 5.41) is 1.93. The highest BCUT2D eigenvalue weighted by atomic mass is 32.2. The molecular weight excluding hydrogens is 424 g/mol. The number of hydrogen-bond donors (Lipinski definition) is 1. The van der Waals surface area contributed by atoms with Gasteiger partial charge in [0.1, 0.15) is 11.5 Å². The highest BCUT2D eigenvalue weighted by molar-refractivity contribution is 8.15. The van der Waals surface area contributed by atoms with Crippen molar-refractivity contribution in [3.8, 4) is 11.5 Å². The molecule has 2 aromatic rings. The summed E-state index contributed by atoms with van der Waals surface area (Å²) in [7, 11) is 0. The number of imide groups is 1. The quantitative estimate of drug-likeness (QED) is 0.526. The molecule has 2 amide bonds. The second-order valence-electron chi connectivity index (χ2n) is 9.28. The molecule has 1 aromatic heterocycles. The van der Waals surface area contributed by atoms with Crippen LogP contribution in [-0.4, -0.2) is 27.5 Å². The molecule has 1 saturated heterocycles. The lowest BCUT2D eigenvalue weighted by Gasteiger charge is -2.29. The largest absolute Gasteiger partial charge is 0.441 e. The molecule has 1 aromatic carbocycles. The van der Waals surface area contributed by atoms with Crippen LogP contribution in [0.15, 0.2) is 28.7 Å². The van der Waals surface area contributed by atoms with Crippen LogP contribution < -0.4 is 5.32 Å². The highest BCUT2D eigenvalue weighted by Gasteiger charge is 2.32. The number of nitrogens with zero attached hydrogens (tertiary/aromatic N) is 1. The summed E-state index contributed by atoms with van der Waals surface area (Å²) in [5.74, 6) is 2.16. The molecular formula is C25H32N2O4S. The van der Waals surface area contributed by atoms with E-state index in [-0.39, 0.29) is 28.4 Å². The minimum Gasteiger partial charge on any atom is -0.441 e. The molecule has 6 nitrogen and oxygen atoms in total. The summed E-state index contributed by atoms with van der Waals surface area (Å²) in [6.45, 7) is 6.75. The number of nitrogens with one attached hydrogen (secondary N) is 1. The Morgan fingerprint density at radius 3 is 2.66 bits per heavy atom. The van der Waals surface area contributed by atoms with E-state index in [0.29, 0.717) is 18.4 Å². The number of hydrogen-bond acceptors (Lipinski definition) is 6. The number of amides is 2. The molecule has 3 atom stereocenters. The third-order valence-electron chi connectivity index (χ3n) is 6.35. The number of carbonyl (C=O) groups excluding carboxylic acids is 2. The summed E-state index contributed by atoms with van der Waals surface area (Å²) in [5.41, 5.74) is 3.07. The van der Waals surface area contributed by atoms with E-state index in [2.05, 4.69) is 38.2 Å². The maximum absolute atomic E-state index is 11.8. The molecule has 1 aliphatic carbocycles. The minimum absolute atomic E-state index is 0.139. The smallest absolute Gasteiger partial charge is 0.286 e. The molecule has 172 valence electrons. The van der Waals surface area contributed by atoms with Gasteiger partial charge in [0.05, 0.1) is 18.0 Å². The highest BCUT2D eigenvalue weighted by Crippen LogP contribution is 2.34. The van der Waals surface area contributed by atoms with Crippen molar-refractivity contribution in [1.82, 2.24) is 10.3 Å². The SMILES string of the molecule is Cc1ccc(-c2nc(CO[C@H]3CCC[C@@H](CCC4SC(=O)NC4=O)C3)c(C(C)C)o2)cc1. The molecule has 0 spiro atoms. The number of carbonyl (C=O) groups is 2. The lowest BCUT2D eigenvalue weighted by molar-refractivity contribution is -0.119. The van der Waals surface area contributed by atoms with Crippen molar-refractivity contribution >= 4 is 22.9 Å². The van der Waals surface area contributed by atoms with E-state index in [9.17, 15) is 9.59 Å². The Bertz CT molecular complexity index is 953. The molecule has 2 heterocycles. The topological polar surface area (TPSA) is 81.4 Å². The van der Waals surface area contributed by atoms with Gasteiger partial charge in [-0.05, 0) is 50.7 Å². The first-order chi connectivity index (χ1) is 15.4. The summed E-state index contributed by atoms with van der Waals surface area (Å²) < 4.78 is 12.4. The van der Waals surface area contributed by atoms with Crippen LogP contribution in [0, 0.1) is 12.8 Å². The Hall–Kier alpha value is -2.12. The fourth-order valence-electron chi connectivity index (χ4n) is 4.56. The van der Waals surface area contributed by atoms with Crippen molar-refractivity contribution < 1.29 is 18.7 Å². The van der Waals surface area contributed by atoms with Gasteiger partial charge in [-0.15, -0.1) is 0 Å². The Morgan fingerprint density at radius 1 is 1.19 bits per heavy atom. The third-order valence-corrected chi connectivity index (χ3v) is 7.40. The molecule has 1 unspecified atom stereocenters. The Morgan fingerprint density at radius 2 is 1.97 bits per heavy atom. The zero-order valence-electron chi connectivity index (χ0n) is 19.1. The Labute approximate surface area is 193 Å². The maximum Gasteiger partial charge on any atom is 0.286 e. The average Bonchev–Trinajstić information content (AvgIpc) is 3.34. The first kappa shape index (κ1) is 23.1. The number of rotatable bonds is 8. The molecule has 32 heavy (non-hydrogen) atoms. The van der Waals surface area contributed by atoms with Crippen molar-refractivity contribution in [2.75, 3.05) is 0 Å². The van der Waals surface area contributed by atoms with Crippen LogP contribution in [0.3, 0.4) is 0 Å².